The van der Waals surface area contributed by atoms with E-state index in [-0.39, 0.29) is 17.2 Å². The fourth-order valence-corrected chi connectivity index (χ4v) is 1.18. The van der Waals surface area contributed by atoms with Gasteiger partial charge in [0.15, 0.2) is 12.0 Å². The van der Waals surface area contributed by atoms with Gasteiger partial charge >= 0.3 is 0 Å². The largest absolute Gasteiger partial charge is 0.471 e. The smallest absolute Gasteiger partial charge is 0.247 e. The summed E-state index contributed by atoms with van der Waals surface area (Å²) in [7, 11) is 0. The van der Waals surface area contributed by atoms with Gasteiger partial charge in [0.2, 0.25) is 11.8 Å². The third-order valence-corrected chi connectivity index (χ3v) is 1.67. The van der Waals surface area contributed by atoms with Crippen molar-refractivity contribution in [2.24, 2.45) is 0 Å². The summed E-state index contributed by atoms with van der Waals surface area (Å²) < 4.78 is 11.2. The molecule has 0 saturated carbocycles. The molecule has 0 aliphatic heterocycles. The van der Waals surface area contributed by atoms with Crippen LogP contribution in [-0.2, 0) is 0 Å². The first kappa shape index (κ1) is 14.4. The number of aromatic nitrogens is 2. The molecule has 0 atom stereocenters. The van der Waals surface area contributed by atoms with Gasteiger partial charge in [-0.05, 0) is 41.5 Å². The first-order valence-corrected chi connectivity index (χ1v) is 5.81. The molecule has 0 amide bonds. The number of aldehydes is 1. The fourth-order valence-electron chi connectivity index (χ4n) is 1.18. The standard InChI is InChI=1S/C13H20N2O3/c1-12(2,3)17-10-7-14-9(8-16)11(15-10)18-13(4,5)6/h7-8H,1-6H3. The lowest BCUT2D eigenvalue weighted by molar-refractivity contribution is 0.101. The van der Waals surface area contributed by atoms with Crippen LogP contribution in [0.4, 0.5) is 0 Å². The summed E-state index contributed by atoms with van der Waals surface area (Å²) in [4.78, 5) is 19.0. The molecule has 1 rings (SSSR count). The van der Waals surface area contributed by atoms with Gasteiger partial charge in [0.25, 0.3) is 0 Å². The average molecular weight is 252 g/mol. The van der Waals surface area contributed by atoms with E-state index in [0.717, 1.165) is 0 Å². The highest BCUT2D eigenvalue weighted by molar-refractivity contribution is 5.75. The van der Waals surface area contributed by atoms with Crippen molar-refractivity contribution in [2.75, 3.05) is 0 Å². The molecule has 0 aliphatic carbocycles. The Labute approximate surface area is 108 Å². The highest BCUT2D eigenvalue weighted by Gasteiger charge is 2.19. The van der Waals surface area contributed by atoms with Gasteiger partial charge in [-0.25, -0.2) is 4.98 Å². The van der Waals surface area contributed by atoms with Crippen LogP contribution >= 0.6 is 0 Å². The molecular formula is C13H20N2O3. The lowest BCUT2D eigenvalue weighted by atomic mass is 10.2. The van der Waals surface area contributed by atoms with Crippen LogP contribution < -0.4 is 9.47 Å². The monoisotopic (exact) mass is 252 g/mol. The quantitative estimate of drug-likeness (QED) is 0.774. The molecular weight excluding hydrogens is 232 g/mol. The molecule has 0 aromatic carbocycles. The van der Waals surface area contributed by atoms with E-state index in [1.165, 1.54) is 6.20 Å². The minimum atomic E-state index is -0.452. The lowest BCUT2D eigenvalue weighted by Crippen LogP contribution is -2.26. The van der Waals surface area contributed by atoms with Crippen molar-refractivity contribution in [3.05, 3.63) is 11.9 Å². The van der Waals surface area contributed by atoms with Gasteiger partial charge in [-0.1, -0.05) is 0 Å². The molecule has 1 aromatic rings. The second-order valence-electron chi connectivity index (χ2n) is 5.95. The van der Waals surface area contributed by atoms with Crippen LogP contribution in [0, 0.1) is 0 Å². The lowest BCUT2D eigenvalue weighted by Gasteiger charge is -2.23. The molecule has 0 fully saturated rings. The summed E-state index contributed by atoms with van der Waals surface area (Å²) in [6.07, 6.45) is 2.04. The van der Waals surface area contributed by atoms with E-state index in [4.69, 9.17) is 9.47 Å². The topological polar surface area (TPSA) is 61.3 Å². The Balaban J connectivity index is 3.06. The van der Waals surface area contributed by atoms with Crippen LogP contribution in [0.5, 0.6) is 11.8 Å². The SMILES string of the molecule is CC(C)(C)Oc1cnc(C=O)c(OC(C)(C)C)n1. The summed E-state index contributed by atoms with van der Waals surface area (Å²) in [6.45, 7) is 11.4. The molecule has 0 N–H and O–H groups in total. The van der Waals surface area contributed by atoms with Crippen molar-refractivity contribution in [1.29, 1.82) is 0 Å². The molecule has 18 heavy (non-hydrogen) atoms. The molecule has 0 bridgehead atoms. The van der Waals surface area contributed by atoms with Crippen molar-refractivity contribution in [1.82, 2.24) is 9.97 Å². The first-order valence-electron chi connectivity index (χ1n) is 5.81. The summed E-state index contributed by atoms with van der Waals surface area (Å²) in [5.74, 6) is 0.534. The molecule has 100 valence electrons. The maximum atomic E-state index is 10.9. The van der Waals surface area contributed by atoms with E-state index in [1.54, 1.807) is 0 Å². The Morgan fingerprint density at radius 3 is 2.06 bits per heavy atom. The molecule has 0 unspecified atom stereocenters. The number of ether oxygens (including phenoxy) is 2. The van der Waals surface area contributed by atoms with Crippen molar-refractivity contribution >= 4 is 6.29 Å². The van der Waals surface area contributed by atoms with Crippen LogP contribution in [0.2, 0.25) is 0 Å². The summed E-state index contributed by atoms with van der Waals surface area (Å²) in [5.41, 5.74) is -0.658. The molecule has 0 saturated heterocycles. The Morgan fingerprint density at radius 2 is 1.61 bits per heavy atom. The number of carbonyl (C=O) groups is 1. The molecule has 1 heterocycles. The minimum Gasteiger partial charge on any atom is -0.471 e. The molecule has 0 aliphatic rings. The van der Waals surface area contributed by atoms with Gasteiger partial charge in [0.05, 0.1) is 6.20 Å². The van der Waals surface area contributed by atoms with Gasteiger partial charge in [0, 0.05) is 0 Å². The maximum absolute atomic E-state index is 10.9. The van der Waals surface area contributed by atoms with Crippen LogP contribution in [-0.4, -0.2) is 27.5 Å². The summed E-state index contributed by atoms with van der Waals surface area (Å²) in [6, 6.07) is 0. The number of hydrogen-bond donors (Lipinski definition) is 0. The van der Waals surface area contributed by atoms with E-state index in [0.29, 0.717) is 12.2 Å². The van der Waals surface area contributed by atoms with E-state index in [2.05, 4.69) is 9.97 Å². The zero-order chi connectivity index (χ0) is 14.0. The summed E-state index contributed by atoms with van der Waals surface area (Å²) in [5, 5.41) is 0. The van der Waals surface area contributed by atoms with Gasteiger partial charge < -0.3 is 9.47 Å². The van der Waals surface area contributed by atoms with Crippen LogP contribution in [0.15, 0.2) is 6.20 Å². The Bertz CT molecular complexity index is 431. The first-order chi connectivity index (χ1) is 8.11. The Hall–Kier alpha value is -1.65. The van der Waals surface area contributed by atoms with E-state index >= 15 is 0 Å². The number of carbonyl (C=O) groups excluding carboxylic acids is 1. The number of hydrogen-bond acceptors (Lipinski definition) is 5. The van der Waals surface area contributed by atoms with E-state index in [9.17, 15) is 4.79 Å². The molecule has 5 nitrogen and oxygen atoms in total. The maximum Gasteiger partial charge on any atom is 0.247 e. The van der Waals surface area contributed by atoms with Gasteiger partial charge in [-0.2, -0.15) is 4.98 Å². The zero-order valence-electron chi connectivity index (χ0n) is 11.8. The summed E-state index contributed by atoms with van der Waals surface area (Å²) >= 11 is 0. The predicted octanol–water partition coefficient (Wildman–Crippen LogP) is 2.64. The van der Waals surface area contributed by atoms with Crippen LogP contribution in [0.3, 0.4) is 0 Å². The van der Waals surface area contributed by atoms with Gasteiger partial charge in [0.1, 0.15) is 11.2 Å². The normalized spacial score (nSPS) is 12.1. The van der Waals surface area contributed by atoms with Crippen LogP contribution in [0.25, 0.3) is 0 Å². The average Bonchev–Trinajstić information content (AvgIpc) is 2.12. The third-order valence-electron chi connectivity index (χ3n) is 1.67. The van der Waals surface area contributed by atoms with Gasteiger partial charge in [-0.3, -0.25) is 4.79 Å². The Morgan fingerprint density at radius 1 is 1.06 bits per heavy atom. The van der Waals surface area contributed by atoms with Crippen molar-refractivity contribution in [3.8, 4) is 11.8 Å². The Kier molecular flexibility index (Phi) is 3.94. The molecule has 0 radical (unpaired) electrons. The number of nitrogens with zero attached hydrogens (tertiary/aromatic N) is 2. The molecule has 0 spiro atoms. The second kappa shape index (κ2) is 4.92. The fraction of sp³-hybridized carbons (Fsp3) is 0.615. The van der Waals surface area contributed by atoms with Crippen molar-refractivity contribution < 1.29 is 14.3 Å². The third kappa shape index (κ3) is 4.69. The highest BCUT2D eigenvalue weighted by atomic mass is 16.5. The molecule has 1 aromatic heterocycles. The molecule has 5 heteroatoms. The second-order valence-corrected chi connectivity index (χ2v) is 5.95. The van der Waals surface area contributed by atoms with Gasteiger partial charge in [-0.15, -0.1) is 0 Å². The van der Waals surface area contributed by atoms with Crippen molar-refractivity contribution in [2.45, 2.75) is 52.7 Å². The van der Waals surface area contributed by atoms with E-state index < -0.39 is 5.60 Å². The minimum absolute atomic E-state index is 0.172. The van der Waals surface area contributed by atoms with Crippen LogP contribution in [0.1, 0.15) is 52.0 Å². The van der Waals surface area contributed by atoms with Crippen molar-refractivity contribution in [3.63, 3.8) is 0 Å². The van der Waals surface area contributed by atoms with E-state index in [1.807, 2.05) is 41.5 Å². The zero-order valence-corrected chi connectivity index (χ0v) is 11.8. The number of rotatable bonds is 3. The predicted molar refractivity (Wildman–Crippen MR) is 68.2 cm³/mol. The highest BCUT2D eigenvalue weighted by Crippen LogP contribution is 2.22.